The Morgan fingerprint density at radius 2 is 2.09 bits per heavy atom. The number of aromatic nitrogens is 1. The normalized spacial score (nSPS) is 10.7. The van der Waals surface area contributed by atoms with E-state index in [-0.39, 0.29) is 5.91 Å². The molecule has 0 atom stereocenters. The summed E-state index contributed by atoms with van der Waals surface area (Å²) in [6.45, 7) is 1.94. The molecule has 0 radical (unpaired) electrons. The molecule has 1 aromatic heterocycles. The summed E-state index contributed by atoms with van der Waals surface area (Å²) in [5.74, 6) is 0.278. The molecule has 0 saturated heterocycles. The zero-order valence-corrected chi connectivity index (χ0v) is 13.6. The summed E-state index contributed by atoms with van der Waals surface area (Å²) < 4.78 is 6.15. The van der Waals surface area contributed by atoms with Crippen LogP contribution in [0.2, 0.25) is 5.02 Å². The average molecular weight is 333 g/mol. The van der Waals surface area contributed by atoms with E-state index in [4.69, 9.17) is 16.3 Å². The molecule has 2 aromatic carbocycles. The molecule has 0 aliphatic heterocycles. The van der Waals surface area contributed by atoms with Gasteiger partial charge < -0.3 is 4.74 Å². The molecule has 0 aliphatic carbocycles. The van der Waals surface area contributed by atoms with Crippen molar-refractivity contribution in [1.29, 1.82) is 0 Å². The van der Waals surface area contributed by atoms with Gasteiger partial charge in [0.05, 0.1) is 22.9 Å². The fourth-order valence-corrected chi connectivity index (χ4v) is 3.52. The molecule has 3 rings (SSSR count). The third-order valence-electron chi connectivity index (χ3n) is 3.22. The number of hydrogen-bond acceptors (Lipinski definition) is 4. The number of hydrogen-bond donors (Lipinski definition) is 1. The summed E-state index contributed by atoms with van der Waals surface area (Å²) in [6, 6.07) is 10.8. The quantitative estimate of drug-likeness (QED) is 0.767. The Hall–Kier alpha value is -2.11. The number of carbonyl (C=O) groups is 1. The standard InChI is InChI=1S/C16H13ClN2O2S/c1-9-7-10(17)8-13-14(9)18-16(22-13)19-15(20)11-5-3-4-6-12(11)21-2/h3-8H,1-2H3,(H,18,19,20). The minimum atomic E-state index is -0.250. The van der Waals surface area contributed by atoms with Gasteiger partial charge in [0.15, 0.2) is 5.13 Å². The summed E-state index contributed by atoms with van der Waals surface area (Å²) >= 11 is 7.44. The Morgan fingerprint density at radius 1 is 1.32 bits per heavy atom. The number of fused-ring (bicyclic) bond motifs is 1. The van der Waals surface area contributed by atoms with Gasteiger partial charge in [-0.2, -0.15) is 0 Å². The van der Waals surface area contributed by atoms with Gasteiger partial charge in [0.25, 0.3) is 5.91 Å². The number of benzene rings is 2. The number of halogens is 1. The average Bonchev–Trinajstić information content (AvgIpc) is 2.89. The van der Waals surface area contributed by atoms with Crippen LogP contribution < -0.4 is 10.1 Å². The molecule has 0 unspecified atom stereocenters. The largest absolute Gasteiger partial charge is 0.496 e. The minimum absolute atomic E-state index is 0.250. The van der Waals surface area contributed by atoms with Crippen LogP contribution in [0.4, 0.5) is 5.13 Å². The molecule has 0 bridgehead atoms. The zero-order valence-electron chi connectivity index (χ0n) is 12.0. The first kappa shape index (κ1) is 14.8. The molecule has 0 spiro atoms. The number of nitrogens with zero attached hydrogens (tertiary/aromatic N) is 1. The topological polar surface area (TPSA) is 51.2 Å². The van der Waals surface area contributed by atoms with E-state index in [1.165, 1.54) is 18.4 Å². The third kappa shape index (κ3) is 2.77. The van der Waals surface area contributed by atoms with E-state index in [2.05, 4.69) is 10.3 Å². The van der Waals surface area contributed by atoms with Crippen LogP contribution >= 0.6 is 22.9 Å². The molecular formula is C16H13ClN2O2S. The number of methoxy groups -OCH3 is 1. The van der Waals surface area contributed by atoms with Crippen LogP contribution in [0.5, 0.6) is 5.75 Å². The van der Waals surface area contributed by atoms with Crippen molar-refractivity contribution in [3.63, 3.8) is 0 Å². The first-order valence-electron chi connectivity index (χ1n) is 6.59. The van der Waals surface area contributed by atoms with Crippen molar-refractivity contribution in [3.05, 3.63) is 52.5 Å². The Labute approximate surface area is 136 Å². The van der Waals surface area contributed by atoms with Crippen LogP contribution in [0.1, 0.15) is 15.9 Å². The Morgan fingerprint density at radius 3 is 2.86 bits per heavy atom. The zero-order chi connectivity index (χ0) is 15.7. The Bertz CT molecular complexity index is 860. The van der Waals surface area contributed by atoms with E-state index in [0.717, 1.165) is 15.8 Å². The lowest BCUT2D eigenvalue weighted by molar-refractivity contribution is 0.102. The Balaban J connectivity index is 1.93. The van der Waals surface area contributed by atoms with Gasteiger partial charge in [0.2, 0.25) is 0 Å². The van der Waals surface area contributed by atoms with Crippen LogP contribution in [0.3, 0.4) is 0 Å². The second-order valence-corrected chi connectivity index (χ2v) is 6.21. The first-order chi connectivity index (χ1) is 10.6. The molecule has 1 amide bonds. The molecule has 6 heteroatoms. The van der Waals surface area contributed by atoms with Gasteiger partial charge in [-0.1, -0.05) is 35.1 Å². The SMILES string of the molecule is COc1ccccc1C(=O)Nc1nc2c(C)cc(Cl)cc2s1. The minimum Gasteiger partial charge on any atom is -0.496 e. The number of aryl methyl sites for hydroxylation is 1. The number of nitrogens with one attached hydrogen (secondary N) is 1. The van der Waals surface area contributed by atoms with Gasteiger partial charge in [-0.3, -0.25) is 10.1 Å². The predicted molar refractivity (Wildman–Crippen MR) is 90.3 cm³/mol. The number of ether oxygens (including phenoxy) is 1. The summed E-state index contributed by atoms with van der Waals surface area (Å²) in [6.07, 6.45) is 0. The molecule has 3 aromatic rings. The molecular weight excluding hydrogens is 320 g/mol. The highest BCUT2D eigenvalue weighted by atomic mass is 35.5. The number of rotatable bonds is 3. The maximum atomic E-state index is 12.4. The summed E-state index contributed by atoms with van der Waals surface area (Å²) in [7, 11) is 1.54. The summed E-state index contributed by atoms with van der Waals surface area (Å²) in [5, 5.41) is 4.02. The second kappa shape index (κ2) is 5.94. The lowest BCUT2D eigenvalue weighted by atomic mass is 10.2. The number of amides is 1. The summed E-state index contributed by atoms with van der Waals surface area (Å²) in [4.78, 5) is 16.8. The van der Waals surface area contributed by atoms with Crippen LogP contribution in [0.15, 0.2) is 36.4 Å². The number of thiazole rings is 1. The maximum Gasteiger partial charge on any atom is 0.261 e. The van der Waals surface area contributed by atoms with Crippen LogP contribution in [0, 0.1) is 6.92 Å². The molecule has 0 aliphatic rings. The van der Waals surface area contributed by atoms with Crippen molar-refractivity contribution < 1.29 is 9.53 Å². The fraction of sp³-hybridized carbons (Fsp3) is 0.125. The van der Waals surface area contributed by atoms with E-state index in [9.17, 15) is 4.79 Å². The van der Waals surface area contributed by atoms with Crippen LogP contribution in [-0.2, 0) is 0 Å². The van der Waals surface area contributed by atoms with Crippen molar-refractivity contribution in [2.75, 3.05) is 12.4 Å². The van der Waals surface area contributed by atoms with E-state index in [1.54, 1.807) is 18.2 Å². The van der Waals surface area contributed by atoms with Crippen molar-refractivity contribution in [2.24, 2.45) is 0 Å². The number of para-hydroxylation sites is 1. The highest BCUT2D eigenvalue weighted by molar-refractivity contribution is 7.22. The third-order valence-corrected chi connectivity index (χ3v) is 4.36. The van der Waals surface area contributed by atoms with Crippen LogP contribution in [0.25, 0.3) is 10.2 Å². The Kier molecular flexibility index (Phi) is 4.00. The lowest BCUT2D eigenvalue weighted by Crippen LogP contribution is -2.12. The van der Waals surface area contributed by atoms with Gasteiger partial charge in [-0.05, 0) is 36.8 Å². The number of carbonyl (C=O) groups excluding carboxylic acids is 1. The molecule has 112 valence electrons. The van der Waals surface area contributed by atoms with E-state index in [0.29, 0.717) is 21.5 Å². The van der Waals surface area contributed by atoms with Crippen molar-refractivity contribution in [1.82, 2.24) is 4.98 Å². The van der Waals surface area contributed by atoms with E-state index >= 15 is 0 Å². The molecule has 1 N–H and O–H groups in total. The van der Waals surface area contributed by atoms with Crippen molar-refractivity contribution >= 4 is 44.2 Å². The maximum absolute atomic E-state index is 12.4. The molecule has 0 saturated carbocycles. The lowest BCUT2D eigenvalue weighted by Gasteiger charge is -2.06. The molecule has 22 heavy (non-hydrogen) atoms. The molecule has 4 nitrogen and oxygen atoms in total. The van der Waals surface area contributed by atoms with Gasteiger partial charge >= 0.3 is 0 Å². The smallest absolute Gasteiger partial charge is 0.261 e. The second-order valence-electron chi connectivity index (χ2n) is 4.74. The molecule has 0 fully saturated rings. The van der Waals surface area contributed by atoms with Gasteiger partial charge in [0, 0.05) is 5.02 Å². The molecule has 1 heterocycles. The fourth-order valence-electron chi connectivity index (χ4n) is 2.20. The van der Waals surface area contributed by atoms with Gasteiger partial charge in [-0.15, -0.1) is 0 Å². The number of anilines is 1. The monoisotopic (exact) mass is 332 g/mol. The highest BCUT2D eigenvalue weighted by Gasteiger charge is 2.14. The predicted octanol–water partition coefficient (Wildman–Crippen LogP) is 4.52. The van der Waals surface area contributed by atoms with E-state index < -0.39 is 0 Å². The summed E-state index contributed by atoms with van der Waals surface area (Å²) in [5.41, 5.74) is 2.31. The highest BCUT2D eigenvalue weighted by Crippen LogP contribution is 2.31. The van der Waals surface area contributed by atoms with Gasteiger partial charge in [-0.25, -0.2) is 4.98 Å². The van der Waals surface area contributed by atoms with Crippen LogP contribution in [-0.4, -0.2) is 18.0 Å². The van der Waals surface area contributed by atoms with Crippen molar-refractivity contribution in [3.8, 4) is 5.75 Å². The van der Waals surface area contributed by atoms with Crippen molar-refractivity contribution in [2.45, 2.75) is 6.92 Å². The van der Waals surface area contributed by atoms with Gasteiger partial charge in [0.1, 0.15) is 5.75 Å². The first-order valence-corrected chi connectivity index (χ1v) is 7.79. The van der Waals surface area contributed by atoms with E-state index in [1.807, 2.05) is 25.1 Å².